The van der Waals surface area contributed by atoms with Crippen LogP contribution in [0.15, 0.2) is 42.5 Å². The number of rotatable bonds is 3. The molecule has 3 rings (SSSR count). The van der Waals surface area contributed by atoms with Gasteiger partial charge in [0, 0.05) is 11.8 Å². The van der Waals surface area contributed by atoms with Gasteiger partial charge < -0.3 is 20.5 Å². The summed E-state index contributed by atoms with van der Waals surface area (Å²) in [5.41, 5.74) is 2.53. The first-order valence-electron chi connectivity index (χ1n) is 5.91. The van der Waals surface area contributed by atoms with Crippen LogP contribution in [0.2, 0.25) is 0 Å². The largest absolute Gasteiger partial charge is 0.508 e. The van der Waals surface area contributed by atoms with E-state index in [0.717, 1.165) is 22.5 Å². The Bertz CT molecular complexity index is 704. The van der Waals surface area contributed by atoms with E-state index in [0.29, 0.717) is 6.54 Å². The fourth-order valence-electron chi connectivity index (χ4n) is 1.90. The summed E-state index contributed by atoms with van der Waals surface area (Å²) < 4.78 is 0. The predicted molar refractivity (Wildman–Crippen MR) is 73.2 cm³/mol. The van der Waals surface area contributed by atoms with E-state index in [9.17, 15) is 10.2 Å². The van der Waals surface area contributed by atoms with Crippen LogP contribution in [0.25, 0.3) is 11.0 Å². The van der Waals surface area contributed by atoms with Crippen molar-refractivity contribution in [3.63, 3.8) is 0 Å². The van der Waals surface area contributed by atoms with Crippen LogP contribution in [0, 0.1) is 0 Å². The number of fused-ring (bicyclic) bond motifs is 1. The molecule has 0 aliphatic heterocycles. The lowest BCUT2D eigenvalue weighted by Gasteiger charge is -2.03. The SMILES string of the molecule is Oc1ccc(NCc2nc3ccc(O)cc3[nH]2)cc1. The number of benzene rings is 2. The summed E-state index contributed by atoms with van der Waals surface area (Å²) in [6.45, 7) is 0.542. The Hall–Kier alpha value is -2.69. The zero-order valence-electron chi connectivity index (χ0n) is 10.1. The van der Waals surface area contributed by atoms with Gasteiger partial charge in [-0.05, 0) is 36.4 Å². The number of H-pyrrole nitrogens is 1. The van der Waals surface area contributed by atoms with Crippen molar-refractivity contribution < 1.29 is 10.2 Å². The van der Waals surface area contributed by atoms with Gasteiger partial charge in [0.05, 0.1) is 17.6 Å². The molecule has 0 radical (unpaired) electrons. The summed E-state index contributed by atoms with van der Waals surface area (Å²) in [5.74, 6) is 1.24. The highest BCUT2D eigenvalue weighted by Crippen LogP contribution is 2.18. The maximum Gasteiger partial charge on any atom is 0.126 e. The smallest absolute Gasteiger partial charge is 0.126 e. The summed E-state index contributed by atoms with van der Waals surface area (Å²) in [4.78, 5) is 7.54. The molecule has 96 valence electrons. The normalized spacial score (nSPS) is 10.7. The number of hydrogen-bond donors (Lipinski definition) is 4. The average molecular weight is 255 g/mol. The number of nitrogens with one attached hydrogen (secondary N) is 2. The van der Waals surface area contributed by atoms with E-state index in [4.69, 9.17) is 0 Å². The maximum atomic E-state index is 9.39. The van der Waals surface area contributed by atoms with Crippen molar-refractivity contribution in [1.82, 2.24) is 9.97 Å². The molecule has 5 heteroatoms. The molecule has 0 spiro atoms. The monoisotopic (exact) mass is 255 g/mol. The molecular weight excluding hydrogens is 242 g/mol. The fourth-order valence-corrected chi connectivity index (χ4v) is 1.90. The Balaban J connectivity index is 1.76. The van der Waals surface area contributed by atoms with Crippen LogP contribution in [0.1, 0.15) is 5.82 Å². The number of aromatic hydroxyl groups is 2. The topological polar surface area (TPSA) is 81.2 Å². The van der Waals surface area contributed by atoms with Crippen molar-refractivity contribution in [2.45, 2.75) is 6.54 Å². The van der Waals surface area contributed by atoms with Crippen molar-refractivity contribution >= 4 is 16.7 Å². The van der Waals surface area contributed by atoms with Gasteiger partial charge in [0.15, 0.2) is 0 Å². The minimum atomic E-state index is 0.217. The third-order valence-corrected chi connectivity index (χ3v) is 2.84. The summed E-state index contributed by atoms with van der Waals surface area (Å²) in [6.07, 6.45) is 0. The lowest BCUT2D eigenvalue weighted by atomic mass is 10.3. The number of aromatic nitrogens is 2. The minimum absolute atomic E-state index is 0.217. The molecule has 0 fully saturated rings. The molecule has 0 unspecified atom stereocenters. The van der Waals surface area contributed by atoms with E-state index in [1.807, 2.05) is 0 Å². The molecule has 1 heterocycles. The Morgan fingerprint density at radius 3 is 2.53 bits per heavy atom. The second-order valence-electron chi connectivity index (χ2n) is 4.29. The molecule has 4 N–H and O–H groups in total. The third-order valence-electron chi connectivity index (χ3n) is 2.84. The van der Waals surface area contributed by atoms with Crippen LogP contribution in [-0.4, -0.2) is 20.2 Å². The third kappa shape index (κ3) is 2.44. The molecule has 0 atom stereocenters. The Kier molecular flexibility index (Phi) is 2.72. The van der Waals surface area contributed by atoms with E-state index >= 15 is 0 Å². The number of anilines is 1. The van der Waals surface area contributed by atoms with E-state index < -0.39 is 0 Å². The average Bonchev–Trinajstić information content (AvgIpc) is 2.80. The molecule has 0 amide bonds. The number of imidazole rings is 1. The van der Waals surface area contributed by atoms with Crippen molar-refractivity contribution in [1.29, 1.82) is 0 Å². The Morgan fingerprint density at radius 1 is 1.00 bits per heavy atom. The van der Waals surface area contributed by atoms with Crippen molar-refractivity contribution in [3.8, 4) is 11.5 Å². The summed E-state index contributed by atoms with van der Waals surface area (Å²) >= 11 is 0. The van der Waals surface area contributed by atoms with Crippen molar-refractivity contribution in [3.05, 3.63) is 48.3 Å². The minimum Gasteiger partial charge on any atom is -0.508 e. The van der Waals surface area contributed by atoms with Gasteiger partial charge in [0.25, 0.3) is 0 Å². The highest BCUT2D eigenvalue weighted by Gasteiger charge is 2.03. The molecule has 0 saturated carbocycles. The summed E-state index contributed by atoms with van der Waals surface area (Å²) in [5, 5.41) is 21.8. The number of phenols is 2. The molecule has 0 aliphatic rings. The first-order valence-corrected chi connectivity index (χ1v) is 5.91. The second-order valence-corrected chi connectivity index (χ2v) is 4.29. The highest BCUT2D eigenvalue weighted by molar-refractivity contribution is 5.76. The molecule has 0 saturated heterocycles. The zero-order valence-corrected chi connectivity index (χ0v) is 10.1. The van der Waals surface area contributed by atoms with Crippen LogP contribution < -0.4 is 5.32 Å². The number of phenolic OH excluding ortho intramolecular Hbond substituents is 2. The van der Waals surface area contributed by atoms with Gasteiger partial charge in [-0.2, -0.15) is 0 Å². The van der Waals surface area contributed by atoms with E-state index in [2.05, 4.69) is 15.3 Å². The molecule has 2 aromatic carbocycles. The van der Waals surface area contributed by atoms with Gasteiger partial charge in [-0.1, -0.05) is 0 Å². The molecular formula is C14H13N3O2. The molecule has 5 nitrogen and oxygen atoms in total. The molecule has 1 aromatic heterocycles. The lowest BCUT2D eigenvalue weighted by molar-refractivity contribution is 0.475. The van der Waals surface area contributed by atoms with Crippen molar-refractivity contribution in [2.75, 3.05) is 5.32 Å². The molecule has 19 heavy (non-hydrogen) atoms. The van der Waals surface area contributed by atoms with Gasteiger partial charge in [-0.3, -0.25) is 0 Å². The van der Waals surface area contributed by atoms with E-state index in [-0.39, 0.29) is 11.5 Å². The molecule has 3 aromatic rings. The van der Waals surface area contributed by atoms with Crippen LogP contribution in [0.3, 0.4) is 0 Å². The highest BCUT2D eigenvalue weighted by atomic mass is 16.3. The van der Waals surface area contributed by atoms with E-state index in [1.54, 1.807) is 42.5 Å². The quantitative estimate of drug-likeness (QED) is 0.542. The lowest BCUT2D eigenvalue weighted by Crippen LogP contribution is -2.00. The van der Waals surface area contributed by atoms with Crippen molar-refractivity contribution in [2.24, 2.45) is 0 Å². The van der Waals surface area contributed by atoms with Crippen LogP contribution in [0.4, 0.5) is 5.69 Å². The van der Waals surface area contributed by atoms with Gasteiger partial charge in [-0.15, -0.1) is 0 Å². The van der Waals surface area contributed by atoms with Gasteiger partial charge in [0.1, 0.15) is 17.3 Å². The van der Waals surface area contributed by atoms with Crippen LogP contribution in [0.5, 0.6) is 11.5 Å². The zero-order chi connectivity index (χ0) is 13.2. The van der Waals surface area contributed by atoms with Crippen LogP contribution in [-0.2, 0) is 6.54 Å². The fraction of sp³-hybridized carbons (Fsp3) is 0.0714. The standard InChI is InChI=1S/C14H13N3O2/c18-10-3-1-9(2-4-10)15-8-14-16-12-6-5-11(19)7-13(12)17-14/h1-7,15,18-19H,8H2,(H,16,17). The number of nitrogens with zero attached hydrogens (tertiary/aromatic N) is 1. The summed E-state index contributed by atoms with van der Waals surface area (Å²) in [6, 6.07) is 11.9. The first kappa shape index (κ1) is 11.4. The molecule has 0 aliphatic carbocycles. The van der Waals surface area contributed by atoms with Gasteiger partial charge in [-0.25, -0.2) is 4.98 Å². The Morgan fingerprint density at radius 2 is 1.74 bits per heavy atom. The first-order chi connectivity index (χ1) is 9.20. The number of aromatic amines is 1. The number of hydrogen-bond acceptors (Lipinski definition) is 4. The molecule has 0 bridgehead atoms. The Labute approximate surface area is 109 Å². The van der Waals surface area contributed by atoms with Gasteiger partial charge >= 0.3 is 0 Å². The predicted octanol–water partition coefficient (Wildman–Crippen LogP) is 2.59. The maximum absolute atomic E-state index is 9.39. The van der Waals surface area contributed by atoms with Gasteiger partial charge in [0.2, 0.25) is 0 Å². The van der Waals surface area contributed by atoms with E-state index in [1.165, 1.54) is 0 Å². The second kappa shape index (κ2) is 4.53. The summed E-state index contributed by atoms with van der Waals surface area (Å²) in [7, 11) is 0. The van der Waals surface area contributed by atoms with Crippen LogP contribution >= 0.6 is 0 Å².